The Hall–Kier alpha value is -3.68. The molecule has 0 aliphatic rings. The highest BCUT2D eigenvalue weighted by atomic mass is 16.5. The van der Waals surface area contributed by atoms with E-state index in [1.165, 1.54) is 0 Å². The van der Waals surface area contributed by atoms with Gasteiger partial charge >= 0.3 is 0 Å². The lowest BCUT2D eigenvalue weighted by atomic mass is 10.1. The topological polar surface area (TPSA) is 88.3 Å². The van der Waals surface area contributed by atoms with Crippen LogP contribution in [-0.4, -0.2) is 34.0 Å². The molecule has 8 heteroatoms. The Morgan fingerprint density at radius 1 is 1.31 bits per heavy atom. The fourth-order valence-corrected chi connectivity index (χ4v) is 3.37. The minimum Gasteiger partial charge on any atom is -0.383 e. The van der Waals surface area contributed by atoms with Gasteiger partial charge in [0.2, 0.25) is 0 Å². The van der Waals surface area contributed by atoms with Crippen molar-refractivity contribution in [3.05, 3.63) is 66.1 Å². The minimum atomic E-state index is -0.125. The molecule has 4 heterocycles. The molecule has 148 valence electrons. The average molecular weight is 391 g/mol. The van der Waals surface area contributed by atoms with Gasteiger partial charge in [0.1, 0.15) is 11.4 Å². The van der Waals surface area contributed by atoms with Crippen LogP contribution in [0.15, 0.2) is 53.6 Å². The van der Waals surface area contributed by atoms with Crippen molar-refractivity contribution in [2.24, 2.45) is 0 Å². The maximum atomic E-state index is 12.6. The van der Waals surface area contributed by atoms with Gasteiger partial charge in [0, 0.05) is 24.9 Å². The molecule has 29 heavy (non-hydrogen) atoms. The van der Waals surface area contributed by atoms with Crippen molar-refractivity contribution in [3.8, 4) is 11.3 Å². The van der Waals surface area contributed by atoms with Crippen LogP contribution in [0.25, 0.3) is 16.9 Å². The molecule has 1 amide bonds. The van der Waals surface area contributed by atoms with Crippen molar-refractivity contribution >= 4 is 17.2 Å². The number of hydrogen-bond acceptors (Lipinski definition) is 5. The smallest absolute Gasteiger partial charge is 0.251 e. The summed E-state index contributed by atoms with van der Waals surface area (Å²) in [6.45, 7) is 4.99. The van der Waals surface area contributed by atoms with Crippen molar-refractivity contribution in [2.45, 2.75) is 20.4 Å². The normalized spacial score (nSPS) is 11.0. The van der Waals surface area contributed by atoms with E-state index in [-0.39, 0.29) is 5.91 Å². The van der Waals surface area contributed by atoms with Gasteiger partial charge in [-0.2, -0.15) is 0 Å². The van der Waals surface area contributed by atoms with Gasteiger partial charge in [0.25, 0.3) is 5.91 Å². The molecule has 4 aromatic rings. The number of amides is 1. The molecule has 0 radical (unpaired) electrons. The van der Waals surface area contributed by atoms with Gasteiger partial charge in [-0.1, -0.05) is 5.16 Å². The second-order valence-corrected chi connectivity index (χ2v) is 6.82. The third-order valence-corrected chi connectivity index (χ3v) is 4.87. The van der Waals surface area contributed by atoms with E-state index >= 15 is 0 Å². The zero-order chi connectivity index (χ0) is 20.4. The highest BCUT2D eigenvalue weighted by Crippen LogP contribution is 2.27. The van der Waals surface area contributed by atoms with Crippen molar-refractivity contribution in [1.82, 2.24) is 19.9 Å². The Labute approximate surface area is 168 Å². The molecule has 4 rings (SSSR count). The number of aryl methyl sites for hydroxylation is 2. The lowest BCUT2D eigenvalue weighted by molar-refractivity contribution is -0.694. The number of hydrogen-bond donors (Lipinski definition) is 2. The molecule has 0 saturated carbocycles. The fraction of sp³-hybridized carbons (Fsp3) is 0.238. The molecule has 2 N–H and O–H groups in total. The van der Waals surface area contributed by atoms with Crippen molar-refractivity contribution in [1.29, 1.82) is 0 Å². The first-order chi connectivity index (χ1) is 14.1. The van der Waals surface area contributed by atoms with Crippen LogP contribution >= 0.6 is 0 Å². The number of rotatable bonds is 6. The van der Waals surface area contributed by atoms with Crippen molar-refractivity contribution in [3.63, 3.8) is 0 Å². The zero-order valence-corrected chi connectivity index (χ0v) is 16.6. The molecular weight excluding hydrogens is 368 g/mol. The van der Waals surface area contributed by atoms with Crippen molar-refractivity contribution < 1.29 is 13.9 Å². The summed E-state index contributed by atoms with van der Waals surface area (Å²) in [5.74, 6) is 0.616. The van der Waals surface area contributed by atoms with E-state index < -0.39 is 0 Å². The largest absolute Gasteiger partial charge is 0.383 e. The Morgan fingerprint density at radius 3 is 2.93 bits per heavy atom. The number of nitrogens with zero attached hydrogens (tertiary/aromatic N) is 4. The van der Waals surface area contributed by atoms with E-state index in [4.69, 9.17) is 4.52 Å². The van der Waals surface area contributed by atoms with E-state index in [1.807, 2.05) is 60.6 Å². The molecule has 0 unspecified atom stereocenters. The maximum Gasteiger partial charge on any atom is 0.251 e. The minimum absolute atomic E-state index is 0.125. The van der Waals surface area contributed by atoms with Crippen LogP contribution in [0.4, 0.5) is 5.69 Å². The Morgan fingerprint density at radius 2 is 2.17 bits per heavy atom. The number of nitrogens with one attached hydrogen (secondary N) is 2. The SMILES string of the molecule is CNc1ccc[n+](CCNC(=O)c2ccn3c(-c4c(C)noc4C)cnc3c2)c1. The van der Waals surface area contributed by atoms with E-state index in [9.17, 15) is 4.79 Å². The van der Waals surface area contributed by atoms with Crippen LogP contribution in [0, 0.1) is 13.8 Å². The van der Waals surface area contributed by atoms with Crippen LogP contribution in [0.5, 0.6) is 0 Å². The maximum absolute atomic E-state index is 12.6. The van der Waals surface area contributed by atoms with Gasteiger partial charge in [-0.25, -0.2) is 9.55 Å². The van der Waals surface area contributed by atoms with Gasteiger partial charge in [-0.15, -0.1) is 0 Å². The predicted molar refractivity (Wildman–Crippen MR) is 109 cm³/mol. The summed E-state index contributed by atoms with van der Waals surface area (Å²) in [6, 6.07) is 7.54. The highest BCUT2D eigenvalue weighted by Gasteiger charge is 2.17. The van der Waals surface area contributed by atoms with Crippen molar-refractivity contribution in [2.75, 3.05) is 18.9 Å². The quantitative estimate of drug-likeness (QED) is 0.493. The lowest BCUT2D eigenvalue weighted by Gasteiger charge is -2.06. The first-order valence-corrected chi connectivity index (χ1v) is 9.42. The van der Waals surface area contributed by atoms with Crippen LogP contribution < -0.4 is 15.2 Å². The summed E-state index contributed by atoms with van der Waals surface area (Å²) < 4.78 is 9.22. The van der Waals surface area contributed by atoms with Gasteiger partial charge in [0.15, 0.2) is 18.9 Å². The first-order valence-electron chi connectivity index (χ1n) is 9.42. The second kappa shape index (κ2) is 7.75. The molecule has 4 aromatic heterocycles. The number of carbonyl (C=O) groups excluding carboxylic acids is 1. The first kappa shape index (κ1) is 18.7. The summed E-state index contributed by atoms with van der Waals surface area (Å²) in [5, 5.41) is 10.1. The van der Waals surface area contributed by atoms with E-state index in [0.29, 0.717) is 24.3 Å². The second-order valence-electron chi connectivity index (χ2n) is 6.82. The summed E-state index contributed by atoms with van der Waals surface area (Å²) in [5.41, 5.74) is 4.93. The molecule has 8 nitrogen and oxygen atoms in total. The Bertz CT molecular complexity index is 1160. The van der Waals surface area contributed by atoms with Gasteiger partial charge in [-0.05, 0) is 32.0 Å². The summed E-state index contributed by atoms with van der Waals surface area (Å²) in [4.78, 5) is 17.0. The third kappa shape index (κ3) is 3.69. The van der Waals surface area contributed by atoms with Gasteiger partial charge < -0.3 is 15.2 Å². The molecule has 0 spiro atoms. The van der Waals surface area contributed by atoms with E-state index in [0.717, 1.165) is 28.4 Å². The average Bonchev–Trinajstić information content (AvgIpc) is 3.29. The molecule has 0 atom stereocenters. The third-order valence-electron chi connectivity index (χ3n) is 4.87. The van der Waals surface area contributed by atoms with Crippen LogP contribution in [0.3, 0.4) is 0 Å². The number of fused-ring (bicyclic) bond motifs is 1. The summed E-state index contributed by atoms with van der Waals surface area (Å²) in [6.07, 6.45) is 7.59. The number of pyridine rings is 2. The molecular formula is C21H23N6O2+. The number of carbonyl (C=O) groups is 1. The standard InChI is InChI=1S/C21H22N6O2/c1-14-20(15(2)29-25-14)18-12-24-19-11-16(6-9-27(18)19)21(28)23-7-10-26-8-4-5-17(13-26)22-3/h4-6,8-9,11-13,22H,7,10H2,1-3H3/p+1. The van der Waals surface area contributed by atoms with Gasteiger partial charge in [0.05, 0.1) is 35.4 Å². The number of imidazole rings is 1. The summed E-state index contributed by atoms with van der Waals surface area (Å²) >= 11 is 0. The highest BCUT2D eigenvalue weighted by molar-refractivity contribution is 5.95. The Kier molecular flexibility index (Phi) is 4.99. The molecule has 0 aliphatic carbocycles. The summed E-state index contributed by atoms with van der Waals surface area (Å²) in [7, 11) is 1.88. The van der Waals surface area contributed by atoms with E-state index in [1.54, 1.807) is 18.3 Å². The molecule has 0 saturated heterocycles. The fourth-order valence-electron chi connectivity index (χ4n) is 3.37. The Balaban J connectivity index is 1.47. The zero-order valence-electron chi connectivity index (χ0n) is 16.6. The number of aromatic nitrogens is 4. The monoisotopic (exact) mass is 391 g/mol. The molecule has 0 bridgehead atoms. The van der Waals surface area contributed by atoms with Gasteiger partial charge in [-0.3, -0.25) is 9.20 Å². The molecule has 0 aliphatic heterocycles. The predicted octanol–water partition coefficient (Wildman–Crippen LogP) is 2.37. The molecule has 0 fully saturated rings. The van der Waals surface area contributed by atoms with E-state index in [2.05, 4.69) is 20.8 Å². The lowest BCUT2D eigenvalue weighted by Crippen LogP contribution is -2.40. The van der Waals surface area contributed by atoms with Crippen LogP contribution in [-0.2, 0) is 6.54 Å². The molecule has 0 aromatic carbocycles. The number of anilines is 1. The van der Waals surface area contributed by atoms with Crippen LogP contribution in [0.2, 0.25) is 0 Å². The van der Waals surface area contributed by atoms with Crippen LogP contribution in [0.1, 0.15) is 21.8 Å².